The number of halogens is 3. The number of rotatable bonds is 5. The lowest BCUT2D eigenvalue weighted by atomic mass is 10.3. The largest absolute Gasteiger partial charge is 0.373 e. The Labute approximate surface area is 104 Å². The first-order valence-electron chi connectivity index (χ1n) is 4.79. The molecule has 0 aliphatic heterocycles. The molecule has 0 saturated carbocycles. The van der Waals surface area contributed by atoms with Crippen LogP contribution in [0.3, 0.4) is 0 Å². The molecule has 0 unspecified atom stereocenters. The van der Waals surface area contributed by atoms with Crippen LogP contribution in [0.4, 0.5) is 14.5 Å². The molecule has 0 atom stereocenters. The highest BCUT2D eigenvalue weighted by molar-refractivity contribution is 7.91. The highest BCUT2D eigenvalue weighted by Crippen LogP contribution is 2.21. The molecule has 0 saturated heterocycles. The van der Waals surface area contributed by atoms with E-state index in [0.29, 0.717) is 12.4 Å². The number of sulfone groups is 1. The number of benzene rings is 1. The summed E-state index contributed by atoms with van der Waals surface area (Å²) in [5.41, 5.74) is 0.721. The van der Waals surface area contributed by atoms with Crippen molar-refractivity contribution in [2.45, 2.75) is 10.7 Å². The summed E-state index contributed by atoms with van der Waals surface area (Å²) in [7, 11) is -2.73. The first-order chi connectivity index (χ1) is 7.89. The Balaban J connectivity index is 2.96. The molecule has 0 spiro atoms. The molecule has 1 aromatic carbocycles. The van der Waals surface area contributed by atoms with Crippen molar-refractivity contribution < 1.29 is 17.2 Å². The van der Waals surface area contributed by atoms with Crippen LogP contribution in [0.15, 0.2) is 29.2 Å². The average Bonchev–Trinajstić information content (AvgIpc) is 2.29. The Kier molecular flexibility index (Phi) is 4.70. The molecule has 1 rings (SSSR count). The number of hydrogen-bond donors (Lipinski definition) is 0. The third-order valence-electron chi connectivity index (χ3n) is 2.26. The van der Waals surface area contributed by atoms with Crippen molar-refractivity contribution >= 4 is 27.1 Å². The van der Waals surface area contributed by atoms with Crippen molar-refractivity contribution in [1.29, 1.82) is 0 Å². The predicted octanol–water partition coefficient (Wildman–Crippen LogP) is 2.36. The van der Waals surface area contributed by atoms with Crippen LogP contribution >= 0.6 is 11.6 Å². The summed E-state index contributed by atoms with van der Waals surface area (Å²) < 4.78 is 46.8. The fourth-order valence-electron chi connectivity index (χ4n) is 1.25. The number of alkyl halides is 3. The van der Waals surface area contributed by atoms with Gasteiger partial charge in [-0.25, -0.2) is 8.42 Å². The Morgan fingerprint density at radius 3 is 2.24 bits per heavy atom. The van der Waals surface area contributed by atoms with Gasteiger partial charge in [-0.2, -0.15) is 8.78 Å². The van der Waals surface area contributed by atoms with Crippen molar-refractivity contribution in [3.05, 3.63) is 24.3 Å². The van der Waals surface area contributed by atoms with Gasteiger partial charge in [-0.15, -0.1) is 11.6 Å². The highest BCUT2D eigenvalue weighted by atomic mass is 35.5. The summed E-state index contributed by atoms with van der Waals surface area (Å²) in [4.78, 5) is 1.42. The predicted molar refractivity (Wildman–Crippen MR) is 63.6 cm³/mol. The van der Waals surface area contributed by atoms with Gasteiger partial charge in [0.1, 0.15) is 0 Å². The van der Waals surface area contributed by atoms with E-state index in [2.05, 4.69) is 0 Å². The molecule has 0 fully saturated rings. The Morgan fingerprint density at radius 1 is 1.29 bits per heavy atom. The zero-order chi connectivity index (χ0) is 13.1. The van der Waals surface area contributed by atoms with Crippen molar-refractivity contribution in [2.24, 2.45) is 0 Å². The van der Waals surface area contributed by atoms with E-state index in [-0.39, 0.29) is 4.90 Å². The van der Waals surface area contributed by atoms with Crippen LogP contribution in [0.5, 0.6) is 0 Å². The van der Waals surface area contributed by atoms with Crippen molar-refractivity contribution in [1.82, 2.24) is 0 Å². The molecule has 0 radical (unpaired) electrons. The van der Waals surface area contributed by atoms with Gasteiger partial charge in [0.2, 0.25) is 9.84 Å². The quantitative estimate of drug-likeness (QED) is 0.779. The van der Waals surface area contributed by atoms with Crippen LogP contribution in [-0.4, -0.2) is 33.6 Å². The maximum absolute atomic E-state index is 12.3. The molecule has 7 heteroatoms. The van der Waals surface area contributed by atoms with Crippen LogP contribution in [0.1, 0.15) is 0 Å². The van der Waals surface area contributed by atoms with E-state index in [1.54, 1.807) is 11.9 Å². The fraction of sp³-hybridized carbons (Fsp3) is 0.400. The molecule has 0 heterocycles. The Morgan fingerprint density at radius 2 is 1.82 bits per heavy atom. The van der Waals surface area contributed by atoms with Crippen LogP contribution < -0.4 is 4.90 Å². The summed E-state index contributed by atoms with van der Waals surface area (Å²) >= 11 is 5.55. The second kappa shape index (κ2) is 5.64. The second-order valence-electron chi connectivity index (χ2n) is 3.41. The second-order valence-corrected chi connectivity index (χ2v) is 5.71. The maximum Gasteiger partial charge on any atom is 0.341 e. The summed E-state index contributed by atoms with van der Waals surface area (Å²) in [5, 5.41) is 0. The molecule has 0 aliphatic rings. The van der Waals surface area contributed by atoms with Gasteiger partial charge in [0.05, 0.1) is 4.90 Å². The van der Waals surface area contributed by atoms with E-state index in [1.807, 2.05) is 0 Å². The van der Waals surface area contributed by atoms with Gasteiger partial charge in [-0.05, 0) is 24.3 Å². The topological polar surface area (TPSA) is 37.4 Å². The van der Waals surface area contributed by atoms with Gasteiger partial charge in [-0.1, -0.05) is 0 Å². The third-order valence-corrected chi connectivity index (χ3v) is 3.83. The summed E-state index contributed by atoms with van der Waals surface area (Å²) in [5.74, 6) is -2.97. The van der Waals surface area contributed by atoms with Gasteiger partial charge >= 0.3 is 5.76 Å². The van der Waals surface area contributed by atoms with Gasteiger partial charge in [0, 0.05) is 25.2 Å². The summed E-state index contributed by atoms with van der Waals surface area (Å²) in [6.07, 6.45) is 0. The van der Waals surface area contributed by atoms with Crippen molar-refractivity contribution in [3.8, 4) is 0 Å². The highest BCUT2D eigenvalue weighted by Gasteiger charge is 2.26. The zero-order valence-electron chi connectivity index (χ0n) is 9.11. The smallest absolute Gasteiger partial charge is 0.341 e. The average molecular weight is 284 g/mol. The molecular formula is C10H12ClF2NO2S. The van der Waals surface area contributed by atoms with Gasteiger partial charge in [0.25, 0.3) is 0 Å². The van der Waals surface area contributed by atoms with E-state index in [1.165, 1.54) is 24.3 Å². The SMILES string of the molecule is CN(CCCl)c1ccc(S(=O)(=O)C(F)F)cc1. The zero-order valence-corrected chi connectivity index (χ0v) is 10.7. The van der Waals surface area contributed by atoms with E-state index < -0.39 is 15.6 Å². The van der Waals surface area contributed by atoms with Crippen LogP contribution in [0, 0.1) is 0 Å². The Bertz CT molecular complexity index is 462. The standard InChI is InChI=1S/C10H12ClF2NO2S/c1-14(7-6-11)8-2-4-9(5-3-8)17(15,16)10(12)13/h2-5,10H,6-7H2,1H3. The normalized spacial score (nSPS) is 11.8. The van der Waals surface area contributed by atoms with Crippen molar-refractivity contribution in [3.63, 3.8) is 0 Å². The lowest BCUT2D eigenvalue weighted by molar-refractivity contribution is 0.234. The molecule has 0 aromatic heterocycles. The van der Waals surface area contributed by atoms with Gasteiger partial charge < -0.3 is 4.90 Å². The maximum atomic E-state index is 12.3. The lowest BCUT2D eigenvalue weighted by Crippen LogP contribution is -2.19. The summed E-state index contributed by atoms with van der Waals surface area (Å²) in [6.45, 7) is 0.586. The number of anilines is 1. The molecule has 96 valence electrons. The summed E-state index contributed by atoms with van der Waals surface area (Å²) in [6, 6.07) is 5.28. The van der Waals surface area contributed by atoms with E-state index >= 15 is 0 Å². The molecule has 3 nitrogen and oxygen atoms in total. The van der Waals surface area contributed by atoms with Crippen LogP contribution in [0.2, 0.25) is 0 Å². The molecule has 0 aliphatic carbocycles. The first-order valence-corrected chi connectivity index (χ1v) is 6.87. The molecule has 0 amide bonds. The van der Waals surface area contributed by atoms with Crippen LogP contribution in [-0.2, 0) is 9.84 Å². The monoisotopic (exact) mass is 283 g/mol. The van der Waals surface area contributed by atoms with E-state index in [4.69, 9.17) is 11.6 Å². The van der Waals surface area contributed by atoms with Crippen molar-refractivity contribution in [2.75, 3.05) is 24.4 Å². The third kappa shape index (κ3) is 3.29. The molecular weight excluding hydrogens is 272 g/mol. The lowest BCUT2D eigenvalue weighted by Gasteiger charge is -2.17. The van der Waals surface area contributed by atoms with Gasteiger partial charge in [-0.3, -0.25) is 0 Å². The van der Waals surface area contributed by atoms with Crippen LogP contribution in [0.25, 0.3) is 0 Å². The first kappa shape index (κ1) is 14.2. The minimum atomic E-state index is -4.51. The van der Waals surface area contributed by atoms with Gasteiger partial charge in [0.15, 0.2) is 0 Å². The minimum Gasteiger partial charge on any atom is -0.373 e. The Hall–Kier alpha value is -0.880. The molecule has 0 N–H and O–H groups in total. The molecule has 17 heavy (non-hydrogen) atoms. The minimum absolute atomic E-state index is 0.379. The fourth-order valence-corrected chi connectivity index (χ4v) is 2.22. The van der Waals surface area contributed by atoms with E-state index in [9.17, 15) is 17.2 Å². The number of hydrogen-bond acceptors (Lipinski definition) is 3. The number of nitrogens with zero attached hydrogens (tertiary/aromatic N) is 1. The molecule has 0 bridgehead atoms. The van der Waals surface area contributed by atoms with E-state index in [0.717, 1.165) is 5.69 Å². The molecule has 1 aromatic rings.